The Balaban J connectivity index is 1.74. The Morgan fingerprint density at radius 3 is 2.87 bits per heavy atom. The van der Waals surface area contributed by atoms with Crippen LogP contribution in [0.25, 0.3) is 0 Å². The summed E-state index contributed by atoms with van der Waals surface area (Å²) in [4.78, 5) is 28.8. The molecule has 1 heterocycles. The predicted octanol–water partition coefficient (Wildman–Crippen LogP) is 3.76. The number of ether oxygens (including phenoxy) is 1. The summed E-state index contributed by atoms with van der Waals surface area (Å²) in [5, 5.41) is 3.17. The first-order chi connectivity index (χ1) is 11.1. The number of rotatable bonds is 5. The topological polar surface area (TPSA) is 68.3 Å². The van der Waals surface area contributed by atoms with E-state index in [1.54, 1.807) is 19.9 Å². The van der Waals surface area contributed by atoms with E-state index in [2.05, 4.69) is 16.4 Å². The van der Waals surface area contributed by atoms with Crippen LogP contribution in [0, 0.1) is 6.92 Å². The number of nitrogens with one attached hydrogen (secondary N) is 1. The number of anilines is 1. The van der Waals surface area contributed by atoms with Crippen LogP contribution in [0.15, 0.2) is 24.3 Å². The molecule has 3 rings (SSSR count). The first kappa shape index (κ1) is 15.7. The van der Waals surface area contributed by atoms with Crippen molar-refractivity contribution in [3.05, 3.63) is 46.0 Å². The number of carbonyl (C=O) groups is 2. The third kappa shape index (κ3) is 3.59. The summed E-state index contributed by atoms with van der Waals surface area (Å²) < 4.78 is 4.98. The third-order valence-corrected chi connectivity index (χ3v) is 4.73. The minimum Gasteiger partial charge on any atom is -0.462 e. The second-order valence-corrected chi connectivity index (χ2v) is 6.51. The van der Waals surface area contributed by atoms with Gasteiger partial charge in [0.15, 0.2) is 5.13 Å². The van der Waals surface area contributed by atoms with Crippen molar-refractivity contribution in [2.24, 2.45) is 0 Å². The molecule has 1 aliphatic carbocycles. The number of thiazole rings is 1. The highest BCUT2D eigenvalue weighted by Crippen LogP contribution is 2.40. The van der Waals surface area contributed by atoms with Crippen LogP contribution < -0.4 is 5.32 Å². The molecule has 1 aromatic heterocycles. The Bertz CT molecular complexity index is 750. The van der Waals surface area contributed by atoms with E-state index in [1.165, 1.54) is 18.4 Å². The largest absolute Gasteiger partial charge is 0.462 e. The molecule has 1 amide bonds. The first-order valence-corrected chi connectivity index (χ1v) is 8.46. The molecule has 6 heteroatoms. The van der Waals surface area contributed by atoms with Crippen molar-refractivity contribution in [1.29, 1.82) is 0 Å². The number of amides is 1. The van der Waals surface area contributed by atoms with E-state index in [0.717, 1.165) is 11.3 Å². The van der Waals surface area contributed by atoms with Gasteiger partial charge in [0.05, 0.1) is 12.3 Å². The summed E-state index contributed by atoms with van der Waals surface area (Å²) in [6.45, 7) is 3.79. The Labute approximate surface area is 138 Å². The first-order valence-electron chi connectivity index (χ1n) is 7.64. The molecule has 1 fully saturated rings. The summed E-state index contributed by atoms with van der Waals surface area (Å²) >= 11 is 1.14. The second kappa shape index (κ2) is 6.50. The van der Waals surface area contributed by atoms with E-state index >= 15 is 0 Å². The lowest BCUT2D eigenvalue weighted by atomic mass is 10.1. The SMILES string of the molecule is CCOC(=O)c1sc(NC(=O)c2cccc(C3CC3)c2)nc1C. The normalized spacial score (nSPS) is 13.7. The van der Waals surface area contributed by atoms with Crippen molar-refractivity contribution in [3.63, 3.8) is 0 Å². The van der Waals surface area contributed by atoms with Crippen LogP contribution in [-0.2, 0) is 4.74 Å². The van der Waals surface area contributed by atoms with Crippen molar-refractivity contribution < 1.29 is 14.3 Å². The number of nitrogens with zero attached hydrogens (tertiary/aromatic N) is 1. The molecule has 0 unspecified atom stereocenters. The van der Waals surface area contributed by atoms with Crippen LogP contribution in [0.5, 0.6) is 0 Å². The number of aromatic nitrogens is 1. The summed E-state index contributed by atoms with van der Waals surface area (Å²) in [5.74, 6) is -0.0179. The summed E-state index contributed by atoms with van der Waals surface area (Å²) in [7, 11) is 0. The second-order valence-electron chi connectivity index (χ2n) is 5.51. The van der Waals surface area contributed by atoms with Crippen LogP contribution in [0.4, 0.5) is 5.13 Å². The number of hydrogen-bond acceptors (Lipinski definition) is 5. The highest BCUT2D eigenvalue weighted by atomic mass is 32.1. The van der Waals surface area contributed by atoms with Gasteiger partial charge in [0, 0.05) is 5.56 Å². The average molecular weight is 330 g/mol. The molecule has 0 aliphatic heterocycles. The number of hydrogen-bond donors (Lipinski definition) is 1. The lowest BCUT2D eigenvalue weighted by molar-refractivity contribution is 0.0531. The monoisotopic (exact) mass is 330 g/mol. The van der Waals surface area contributed by atoms with Gasteiger partial charge in [-0.1, -0.05) is 23.5 Å². The van der Waals surface area contributed by atoms with Crippen LogP contribution in [-0.4, -0.2) is 23.5 Å². The predicted molar refractivity (Wildman–Crippen MR) is 89.2 cm³/mol. The van der Waals surface area contributed by atoms with E-state index in [1.807, 2.05) is 12.1 Å². The van der Waals surface area contributed by atoms with Crippen LogP contribution in [0.3, 0.4) is 0 Å². The number of carbonyl (C=O) groups excluding carboxylic acids is 2. The van der Waals surface area contributed by atoms with Gasteiger partial charge in [-0.05, 0) is 50.3 Å². The zero-order valence-corrected chi connectivity index (χ0v) is 13.9. The molecule has 2 aromatic rings. The molecule has 120 valence electrons. The third-order valence-electron chi connectivity index (χ3n) is 3.68. The zero-order chi connectivity index (χ0) is 16.4. The maximum absolute atomic E-state index is 12.4. The van der Waals surface area contributed by atoms with Gasteiger partial charge in [0.1, 0.15) is 4.88 Å². The molecule has 1 aliphatic rings. The summed E-state index contributed by atoms with van der Waals surface area (Å²) in [6.07, 6.45) is 2.39. The minimum absolute atomic E-state index is 0.211. The molecular formula is C17H18N2O3S. The van der Waals surface area contributed by atoms with Crippen molar-refractivity contribution in [3.8, 4) is 0 Å². The average Bonchev–Trinajstić information content (AvgIpc) is 3.32. The molecule has 0 saturated heterocycles. The van der Waals surface area contributed by atoms with E-state index in [-0.39, 0.29) is 5.91 Å². The van der Waals surface area contributed by atoms with E-state index in [9.17, 15) is 9.59 Å². The molecule has 0 radical (unpaired) electrons. The summed E-state index contributed by atoms with van der Waals surface area (Å²) in [5.41, 5.74) is 2.38. The maximum atomic E-state index is 12.4. The highest BCUT2D eigenvalue weighted by molar-refractivity contribution is 7.17. The van der Waals surface area contributed by atoms with Gasteiger partial charge in [-0.3, -0.25) is 10.1 Å². The lowest BCUT2D eigenvalue weighted by Crippen LogP contribution is -2.11. The van der Waals surface area contributed by atoms with E-state index in [0.29, 0.717) is 33.8 Å². The Morgan fingerprint density at radius 1 is 1.39 bits per heavy atom. The van der Waals surface area contributed by atoms with Crippen molar-refractivity contribution in [1.82, 2.24) is 4.98 Å². The van der Waals surface area contributed by atoms with Crippen LogP contribution in [0.1, 0.15) is 57.0 Å². The Morgan fingerprint density at radius 2 is 2.17 bits per heavy atom. The molecule has 1 aromatic carbocycles. The van der Waals surface area contributed by atoms with Crippen molar-refractivity contribution in [2.75, 3.05) is 11.9 Å². The molecular weight excluding hydrogens is 312 g/mol. The number of esters is 1. The lowest BCUT2D eigenvalue weighted by Gasteiger charge is -2.04. The maximum Gasteiger partial charge on any atom is 0.350 e. The Hall–Kier alpha value is -2.21. The highest BCUT2D eigenvalue weighted by Gasteiger charge is 2.24. The van der Waals surface area contributed by atoms with Crippen LogP contribution in [0.2, 0.25) is 0 Å². The van der Waals surface area contributed by atoms with Gasteiger partial charge in [0.2, 0.25) is 0 Å². The quantitative estimate of drug-likeness (QED) is 0.848. The minimum atomic E-state index is -0.404. The Kier molecular flexibility index (Phi) is 4.43. The number of benzene rings is 1. The molecule has 5 nitrogen and oxygen atoms in total. The fourth-order valence-electron chi connectivity index (χ4n) is 2.36. The van der Waals surface area contributed by atoms with E-state index in [4.69, 9.17) is 4.74 Å². The van der Waals surface area contributed by atoms with Crippen LogP contribution >= 0.6 is 11.3 Å². The molecule has 23 heavy (non-hydrogen) atoms. The smallest absolute Gasteiger partial charge is 0.350 e. The fraction of sp³-hybridized carbons (Fsp3) is 0.353. The summed E-state index contributed by atoms with van der Waals surface area (Å²) in [6, 6.07) is 7.67. The van der Waals surface area contributed by atoms with Gasteiger partial charge in [0.25, 0.3) is 5.91 Å². The van der Waals surface area contributed by atoms with Gasteiger partial charge in [-0.15, -0.1) is 0 Å². The molecule has 0 bridgehead atoms. The number of aryl methyl sites for hydroxylation is 1. The molecule has 1 saturated carbocycles. The van der Waals surface area contributed by atoms with Gasteiger partial charge < -0.3 is 4.74 Å². The van der Waals surface area contributed by atoms with E-state index < -0.39 is 5.97 Å². The molecule has 1 N–H and O–H groups in total. The van der Waals surface area contributed by atoms with Crippen molar-refractivity contribution in [2.45, 2.75) is 32.6 Å². The van der Waals surface area contributed by atoms with Gasteiger partial charge >= 0.3 is 5.97 Å². The van der Waals surface area contributed by atoms with Gasteiger partial charge in [-0.2, -0.15) is 0 Å². The van der Waals surface area contributed by atoms with Gasteiger partial charge in [-0.25, -0.2) is 9.78 Å². The zero-order valence-electron chi connectivity index (χ0n) is 13.1. The standard InChI is InChI=1S/C17H18N2O3S/c1-3-22-16(21)14-10(2)18-17(23-14)19-15(20)13-6-4-5-12(9-13)11-7-8-11/h4-6,9,11H,3,7-8H2,1-2H3,(H,18,19,20). The molecule has 0 spiro atoms. The fourth-order valence-corrected chi connectivity index (χ4v) is 3.21. The molecule has 0 atom stereocenters. The van der Waals surface area contributed by atoms with Crippen molar-refractivity contribution >= 4 is 28.3 Å².